The predicted molar refractivity (Wildman–Crippen MR) is 136 cm³/mol. The molecule has 9 heteroatoms. The molecule has 4 aromatic rings. The Balaban J connectivity index is 1.65. The lowest BCUT2D eigenvalue weighted by Gasteiger charge is -2.18. The van der Waals surface area contributed by atoms with Crippen molar-refractivity contribution in [3.8, 4) is 11.1 Å². The van der Waals surface area contributed by atoms with E-state index < -0.39 is 6.04 Å². The molecular formula is C24H21BrN4O3S. The van der Waals surface area contributed by atoms with Gasteiger partial charge in [-0.15, -0.1) is 11.3 Å². The van der Waals surface area contributed by atoms with Crippen molar-refractivity contribution in [3.63, 3.8) is 0 Å². The third-order valence-electron chi connectivity index (χ3n) is 5.17. The summed E-state index contributed by atoms with van der Waals surface area (Å²) >= 11 is 4.84. The first kappa shape index (κ1) is 22.9. The van der Waals surface area contributed by atoms with Gasteiger partial charge in [0.15, 0.2) is 0 Å². The summed E-state index contributed by atoms with van der Waals surface area (Å²) in [5, 5.41) is 7.96. The average molecular weight is 525 g/mol. The van der Waals surface area contributed by atoms with Gasteiger partial charge in [0, 0.05) is 33.7 Å². The molecule has 0 spiro atoms. The van der Waals surface area contributed by atoms with E-state index in [9.17, 15) is 14.4 Å². The lowest BCUT2D eigenvalue weighted by atomic mass is 10.1. The third kappa shape index (κ3) is 4.89. The van der Waals surface area contributed by atoms with Crippen LogP contribution in [0, 0.1) is 0 Å². The molecule has 0 aliphatic heterocycles. The molecule has 0 aliphatic carbocycles. The second-order valence-corrected chi connectivity index (χ2v) is 9.24. The highest BCUT2D eigenvalue weighted by Crippen LogP contribution is 2.31. The SMILES string of the molecule is CCC(C(=O)Nc1ccc(NC(C)=O)cc1)n1cnc2scc(-c3ccc(Br)cc3)c2c1=O. The molecule has 0 saturated heterocycles. The van der Waals surface area contributed by atoms with Gasteiger partial charge in [0.05, 0.1) is 11.7 Å². The molecule has 168 valence electrons. The van der Waals surface area contributed by atoms with E-state index in [-0.39, 0.29) is 17.4 Å². The van der Waals surface area contributed by atoms with E-state index >= 15 is 0 Å². The summed E-state index contributed by atoms with van der Waals surface area (Å²) in [6.45, 7) is 3.28. The molecule has 1 atom stereocenters. The maximum absolute atomic E-state index is 13.5. The zero-order chi connectivity index (χ0) is 23.5. The summed E-state index contributed by atoms with van der Waals surface area (Å²) < 4.78 is 2.35. The van der Waals surface area contributed by atoms with Gasteiger partial charge in [-0.25, -0.2) is 4.98 Å². The number of halogens is 1. The Labute approximate surface area is 202 Å². The van der Waals surface area contributed by atoms with Crippen molar-refractivity contribution in [3.05, 3.63) is 75.1 Å². The zero-order valence-corrected chi connectivity index (χ0v) is 20.4. The number of nitrogens with one attached hydrogen (secondary N) is 2. The molecule has 2 N–H and O–H groups in total. The zero-order valence-electron chi connectivity index (χ0n) is 18.0. The molecule has 0 saturated carbocycles. The van der Waals surface area contributed by atoms with E-state index in [1.54, 1.807) is 24.3 Å². The number of fused-ring (bicyclic) bond motifs is 1. The Hall–Kier alpha value is -3.30. The summed E-state index contributed by atoms with van der Waals surface area (Å²) in [6.07, 6.45) is 1.86. The summed E-state index contributed by atoms with van der Waals surface area (Å²) in [5.74, 6) is -0.482. The number of nitrogens with zero attached hydrogens (tertiary/aromatic N) is 2. The lowest BCUT2D eigenvalue weighted by Crippen LogP contribution is -2.33. The highest BCUT2D eigenvalue weighted by molar-refractivity contribution is 9.10. The largest absolute Gasteiger partial charge is 0.326 e. The van der Waals surface area contributed by atoms with Crippen molar-refractivity contribution >= 4 is 60.7 Å². The molecule has 0 fully saturated rings. The smallest absolute Gasteiger partial charge is 0.263 e. The number of carbonyl (C=O) groups is 2. The van der Waals surface area contributed by atoms with Crippen molar-refractivity contribution < 1.29 is 9.59 Å². The van der Waals surface area contributed by atoms with E-state index in [0.29, 0.717) is 28.0 Å². The van der Waals surface area contributed by atoms with Crippen LogP contribution in [0.4, 0.5) is 11.4 Å². The van der Waals surface area contributed by atoms with E-state index in [4.69, 9.17) is 0 Å². The van der Waals surface area contributed by atoms with Crippen LogP contribution in [0.2, 0.25) is 0 Å². The van der Waals surface area contributed by atoms with Gasteiger partial charge in [0.25, 0.3) is 5.56 Å². The first-order chi connectivity index (χ1) is 15.9. The number of hydrogen-bond donors (Lipinski definition) is 2. The fourth-order valence-corrected chi connectivity index (χ4v) is 4.75. The van der Waals surface area contributed by atoms with Crippen molar-refractivity contribution in [2.24, 2.45) is 0 Å². The maximum atomic E-state index is 13.5. The first-order valence-corrected chi connectivity index (χ1v) is 12.0. The number of hydrogen-bond acceptors (Lipinski definition) is 5. The Bertz CT molecular complexity index is 1380. The average Bonchev–Trinajstić information content (AvgIpc) is 3.22. The summed E-state index contributed by atoms with van der Waals surface area (Å²) in [4.78, 5) is 42.8. The molecule has 1 unspecified atom stereocenters. The van der Waals surface area contributed by atoms with Crippen molar-refractivity contribution in [2.75, 3.05) is 10.6 Å². The Morgan fingerprint density at radius 3 is 2.30 bits per heavy atom. The summed E-state index contributed by atoms with van der Waals surface area (Å²) in [5.41, 5.74) is 2.68. The fourth-order valence-electron chi connectivity index (χ4n) is 3.58. The van der Waals surface area contributed by atoms with E-state index in [1.807, 2.05) is 36.6 Å². The minimum Gasteiger partial charge on any atom is -0.326 e. The molecule has 2 aromatic carbocycles. The van der Waals surface area contributed by atoms with Crippen LogP contribution in [-0.2, 0) is 9.59 Å². The number of amides is 2. The van der Waals surface area contributed by atoms with Gasteiger partial charge in [0.2, 0.25) is 11.8 Å². The van der Waals surface area contributed by atoms with Gasteiger partial charge in [-0.2, -0.15) is 0 Å². The number of rotatable bonds is 6. The van der Waals surface area contributed by atoms with Crippen LogP contribution >= 0.6 is 27.3 Å². The number of carbonyl (C=O) groups excluding carboxylic acids is 2. The predicted octanol–water partition coefficient (Wildman–Crippen LogP) is 5.44. The van der Waals surface area contributed by atoms with Gasteiger partial charge < -0.3 is 10.6 Å². The molecule has 7 nitrogen and oxygen atoms in total. The highest BCUT2D eigenvalue weighted by atomic mass is 79.9. The van der Waals surface area contributed by atoms with Crippen molar-refractivity contribution in [2.45, 2.75) is 26.3 Å². The van der Waals surface area contributed by atoms with Crippen LogP contribution in [0.25, 0.3) is 21.3 Å². The second kappa shape index (κ2) is 9.68. The molecule has 0 bridgehead atoms. The minimum absolute atomic E-state index is 0.170. The standard InChI is InChI=1S/C24H21BrN4O3S/c1-3-20(22(31)28-18-10-8-17(9-11-18)27-14(2)30)29-13-26-23-21(24(29)32)19(12-33-23)15-4-6-16(25)7-5-15/h4-13,20H,3H2,1-2H3,(H,27,30)(H,28,31). The molecule has 2 heterocycles. The van der Waals surface area contributed by atoms with Gasteiger partial charge in [0.1, 0.15) is 10.9 Å². The van der Waals surface area contributed by atoms with E-state index in [1.165, 1.54) is 29.2 Å². The highest BCUT2D eigenvalue weighted by Gasteiger charge is 2.23. The van der Waals surface area contributed by atoms with Gasteiger partial charge in [-0.1, -0.05) is 35.0 Å². The van der Waals surface area contributed by atoms with Crippen LogP contribution in [0.15, 0.2) is 69.5 Å². The van der Waals surface area contributed by atoms with E-state index in [0.717, 1.165) is 15.6 Å². The van der Waals surface area contributed by atoms with Crippen LogP contribution in [0.1, 0.15) is 26.3 Å². The van der Waals surface area contributed by atoms with Gasteiger partial charge >= 0.3 is 0 Å². The molecule has 2 amide bonds. The van der Waals surface area contributed by atoms with Gasteiger partial charge in [-0.05, 0) is 48.4 Å². The molecular weight excluding hydrogens is 504 g/mol. The van der Waals surface area contributed by atoms with Gasteiger partial charge in [-0.3, -0.25) is 19.0 Å². The lowest BCUT2D eigenvalue weighted by molar-refractivity contribution is -0.119. The number of thiophene rings is 1. The van der Waals surface area contributed by atoms with Crippen molar-refractivity contribution in [1.82, 2.24) is 9.55 Å². The quantitative estimate of drug-likeness (QED) is 0.351. The summed E-state index contributed by atoms with van der Waals surface area (Å²) in [7, 11) is 0. The molecule has 33 heavy (non-hydrogen) atoms. The molecule has 2 aromatic heterocycles. The normalized spacial score (nSPS) is 11.8. The van der Waals surface area contributed by atoms with Crippen LogP contribution in [0.5, 0.6) is 0 Å². The van der Waals surface area contributed by atoms with E-state index in [2.05, 4.69) is 31.5 Å². The minimum atomic E-state index is -0.720. The molecule has 4 rings (SSSR count). The van der Waals surface area contributed by atoms with Crippen molar-refractivity contribution in [1.29, 1.82) is 0 Å². The van der Waals surface area contributed by atoms with Crippen LogP contribution in [0.3, 0.4) is 0 Å². The second-order valence-electron chi connectivity index (χ2n) is 7.47. The number of anilines is 2. The fraction of sp³-hybridized carbons (Fsp3) is 0.167. The third-order valence-corrected chi connectivity index (χ3v) is 6.59. The Kier molecular flexibility index (Phi) is 6.71. The molecule has 0 aliphatic rings. The summed E-state index contributed by atoms with van der Waals surface area (Å²) in [6, 6.07) is 13.8. The first-order valence-electron chi connectivity index (χ1n) is 10.3. The topological polar surface area (TPSA) is 93.1 Å². The van der Waals surface area contributed by atoms with Crippen LogP contribution < -0.4 is 16.2 Å². The van der Waals surface area contributed by atoms with Crippen LogP contribution in [-0.4, -0.2) is 21.4 Å². The maximum Gasteiger partial charge on any atom is 0.263 e. The monoisotopic (exact) mass is 524 g/mol. The Morgan fingerprint density at radius 2 is 1.70 bits per heavy atom. The Morgan fingerprint density at radius 1 is 1.06 bits per heavy atom. The number of aromatic nitrogens is 2. The molecule has 0 radical (unpaired) electrons. The number of benzene rings is 2.